The highest BCUT2D eigenvalue weighted by Gasteiger charge is 1.93. The van der Waals surface area contributed by atoms with Gasteiger partial charge in [0.05, 0.1) is 10.0 Å². The summed E-state index contributed by atoms with van der Waals surface area (Å²) in [7, 11) is 0. The summed E-state index contributed by atoms with van der Waals surface area (Å²) in [5.41, 5.74) is 0. The molecule has 0 unspecified atom stereocenters. The largest absolute Gasteiger partial charge is 0.508 e. The van der Waals surface area contributed by atoms with E-state index < -0.39 is 0 Å². The minimum atomic E-state index is 0.0590. The first kappa shape index (κ1) is 6.72. The van der Waals surface area contributed by atoms with Crippen molar-refractivity contribution in [2.24, 2.45) is 0 Å². The van der Waals surface area contributed by atoms with Crippen molar-refractivity contribution in [3.8, 4) is 5.75 Å². The van der Waals surface area contributed by atoms with Gasteiger partial charge < -0.3 is 5.11 Å². The third-order valence-electron chi connectivity index (χ3n) is 0.788. The van der Waals surface area contributed by atoms with Crippen LogP contribution in [0.4, 0.5) is 0 Å². The van der Waals surface area contributed by atoms with Crippen molar-refractivity contribution in [2.75, 3.05) is 0 Å². The molecule has 3 heteroatoms. The molecule has 0 aliphatic heterocycles. The molecule has 1 aromatic rings. The number of halogens is 2. The van der Waals surface area contributed by atoms with Crippen LogP contribution >= 0.6 is 23.2 Å². The van der Waals surface area contributed by atoms with Crippen LogP contribution in [0, 0.1) is 6.07 Å². The summed E-state index contributed by atoms with van der Waals surface area (Å²) in [6.07, 6.45) is 0. The number of rotatable bonds is 0. The second-order valence-electron chi connectivity index (χ2n) is 1.53. The van der Waals surface area contributed by atoms with Gasteiger partial charge in [-0.3, -0.25) is 0 Å². The van der Waals surface area contributed by atoms with Crippen LogP contribution in [-0.4, -0.2) is 5.11 Å². The predicted octanol–water partition coefficient (Wildman–Crippen LogP) is 2.50. The van der Waals surface area contributed by atoms with E-state index in [-0.39, 0.29) is 5.75 Å². The van der Waals surface area contributed by atoms with Crippen LogP contribution in [0.2, 0.25) is 10.0 Å². The first-order chi connectivity index (χ1) is 4.18. The fourth-order valence-electron chi connectivity index (χ4n) is 0.488. The summed E-state index contributed by atoms with van der Waals surface area (Å²) in [4.78, 5) is 0. The lowest BCUT2D eigenvalue weighted by Crippen LogP contribution is -1.66. The standard InChI is InChI=1S/C6H3Cl2O/c7-4-1-5(8)3-6(9)2-4/h2-3,9H. The molecule has 0 aliphatic carbocycles. The van der Waals surface area contributed by atoms with Crippen LogP contribution < -0.4 is 0 Å². The molecule has 1 aromatic carbocycles. The lowest BCUT2D eigenvalue weighted by molar-refractivity contribution is 0.475. The summed E-state index contributed by atoms with van der Waals surface area (Å²) in [5.74, 6) is 0.0590. The SMILES string of the molecule is Oc1cc(Cl)[c]c(Cl)c1. The van der Waals surface area contributed by atoms with E-state index in [1.165, 1.54) is 12.1 Å². The topological polar surface area (TPSA) is 20.2 Å². The molecule has 0 aliphatic rings. The summed E-state index contributed by atoms with van der Waals surface area (Å²) in [5, 5.41) is 9.44. The summed E-state index contributed by atoms with van der Waals surface area (Å²) < 4.78 is 0. The van der Waals surface area contributed by atoms with E-state index in [0.29, 0.717) is 10.0 Å². The van der Waals surface area contributed by atoms with E-state index >= 15 is 0 Å². The van der Waals surface area contributed by atoms with Gasteiger partial charge in [-0.2, -0.15) is 0 Å². The molecule has 1 rings (SSSR count). The minimum absolute atomic E-state index is 0.0590. The molecule has 0 bridgehead atoms. The summed E-state index contributed by atoms with van der Waals surface area (Å²) >= 11 is 10.9. The van der Waals surface area contributed by atoms with E-state index in [0.717, 1.165) is 0 Å². The first-order valence-electron chi connectivity index (χ1n) is 2.26. The van der Waals surface area contributed by atoms with E-state index in [1.54, 1.807) is 0 Å². The molecule has 0 atom stereocenters. The third-order valence-corrected chi connectivity index (χ3v) is 1.20. The molecule has 0 fully saturated rings. The van der Waals surface area contributed by atoms with E-state index in [1.807, 2.05) is 0 Å². The van der Waals surface area contributed by atoms with Crippen molar-refractivity contribution < 1.29 is 5.11 Å². The van der Waals surface area contributed by atoms with Gasteiger partial charge in [0.1, 0.15) is 5.75 Å². The molecule has 1 radical (unpaired) electrons. The number of aromatic hydroxyl groups is 1. The first-order valence-corrected chi connectivity index (χ1v) is 3.01. The lowest BCUT2D eigenvalue weighted by atomic mass is 10.3. The van der Waals surface area contributed by atoms with Crippen molar-refractivity contribution in [1.82, 2.24) is 0 Å². The Morgan fingerprint density at radius 2 is 1.67 bits per heavy atom. The number of hydrogen-bond donors (Lipinski definition) is 1. The Bertz CT molecular complexity index is 172. The van der Waals surface area contributed by atoms with Crippen molar-refractivity contribution in [2.45, 2.75) is 0 Å². The number of hydrogen-bond acceptors (Lipinski definition) is 1. The molecule has 1 nitrogen and oxygen atoms in total. The molecule has 0 saturated carbocycles. The quantitative estimate of drug-likeness (QED) is 0.621. The van der Waals surface area contributed by atoms with Crippen molar-refractivity contribution >= 4 is 23.2 Å². The van der Waals surface area contributed by atoms with E-state index in [9.17, 15) is 0 Å². The Kier molecular flexibility index (Phi) is 1.84. The van der Waals surface area contributed by atoms with Crippen molar-refractivity contribution in [3.63, 3.8) is 0 Å². The van der Waals surface area contributed by atoms with Crippen molar-refractivity contribution in [1.29, 1.82) is 0 Å². The number of benzene rings is 1. The summed E-state index contributed by atoms with van der Waals surface area (Å²) in [6.45, 7) is 0. The molecule has 0 spiro atoms. The Labute approximate surface area is 62.8 Å². The smallest absolute Gasteiger partial charge is 0.118 e. The minimum Gasteiger partial charge on any atom is -0.508 e. The van der Waals surface area contributed by atoms with Crippen LogP contribution in [0.3, 0.4) is 0 Å². The maximum atomic E-state index is 8.80. The van der Waals surface area contributed by atoms with E-state index in [4.69, 9.17) is 28.3 Å². The second kappa shape index (κ2) is 2.46. The zero-order chi connectivity index (χ0) is 6.85. The maximum absolute atomic E-state index is 8.80. The molecule has 0 aromatic heterocycles. The van der Waals surface area contributed by atoms with Crippen LogP contribution in [-0.2, 0) is 0 Å². The molecule has 1 N–H and O–H groups in total. The molecule has 47 valence electrons. The van der Waals surface area contributed by atoms with Gasteiger partial charge in [-0.05, 0) is 12.1 Å². The van der Waals surface area contributed by atoms with Gasteiger partial charge in [-0.1, -0.05) is 23.2 Å². The molecule has 0 saturated heterocycles. The zero-order valence-corrected chi connectivity index (χ0v) is 5.87. The Hall–Kier alpha value is -0.400. The monoisotopic (exact) mass is 161 g/mol. The molecule has 0 amide bonds. The highest BCUT2D eigenvalue weighted by atomic mass is 35.5. The van der Waals surface area contributed by atoms with Gasteiger partial charge in [0.25, 0.3) is 0 Å². The summed E-state index contributed by atoms with van der Waals surface area (Å²) in [6, 6.07) is 5.32. The molecule has 9 heavy (non-hydrogen) atoms. The zero-order valence-electron chi connectivity index (χ0n) is 4.36. The maximum Gasteiger partial charge on any atom is 0.118 e. The van der Waals surface area contributed by atoms with Crippen LogP contribution in [0.5, 0.6) is 5.75 Å². The average molecular weight is 162 g/mol. The highest BCUT2D eigenvalue weighted by Crippen LogP contribution is 2.21. The van der Waals surface area contributed by atoms with Gasteiger partial charge in [-0.25, -0.2) is 0 Å². The van der Waals surface area contributed by atoms with Crippen LogP contribution in [0.15, 0.2) is 12.1 Å². The fraction of sp³-hybridized carbons (Fsp3) is 0. The number of phenols is 1. The normalized spacial score (nSPS) is 9.56. The van der Waals surface area contributed by atoms with Gasteiger partial charge in [0.2, 0.25) is 0 Å². The lowest BCUT2D eigenvalue weighted by Gasteiger charge is -1.91. The fourth-order valence-corrected chi connectivity index (χ4v) is 0.963. The Morgan fingerprint density at radius 1 is 1.22 bits per heavy atom. The van der Waals surface area contributed by atoms with Gasteiger partial charge in [-0.15, -0.1) is 0 Å². The van der Waals surface area contributed by atoms with Gasteiger partial charge in [0.15, 0.2) is 0 Å². The predicted molar refractivity (Wildman–Crippen MR) is 37.0 cm³/mol. The number of phenolic OH excluding ortho intramolecular Hbond substituents is 1. The molecular weight excluding hydrogens is 159 g/mol. The van der Waals surface area contributed by atoms with Gasteiger partial charge >= 0.3 is 0 Å². The Balaban J connectivity index is 3.17. The average Bonchev–Trinajstić information content (AvgIpc) is 1.59. The van der Waals surface area contributed by atoms with E-state index in [2.05, 4.69) is 6.07 Å². The van der Waals surface area contributed by atoms with Crippen molar-refractivity contribution in [3.05, 3.63) is 28.2 Å². The van der Waals surface area contributed by atoms with Gasteiger partial charge in [0, 0.05) is 6.07 Å². The third kappa shape index (κ3) is 1.77. The molecule has 0 heterocycles. The van der Waals surface area contributed by atoms with Crippen LogP contribution in [0.1, 0.15) is 0 Å². The van der Waals surface area contributed by atoms with Crippen LogP contribution in [0.25, 0.3) is 0 Å². The second-order valence-corrected chi connectivity index (χ2v) is 2.35. The Morgan fingerprint density at radius 3 is 2.00 bits per heavy atom. The molecular formula is C6H3Cl2O. The highest BCUT2D eigenvalue weighted by molar-refractivity contribution is 6.34.